The monoisotopic (exact) mass is 465 g/mol. The normalized spacial score (nSPS) is 21.2. The summed E-state index contributed by atoms with van der Waals surface area (Å²) in [6.07, 6.45) is 4.45. The Bertz CT molecular complexity index is 865. The van der Waals surface area contributed by atoms with Crippen LogP contribution in [0.2, 0.25) is 18.1 Å². The molecule has 0 spiro atoms. The van der Waals surface area contributed by atoms with Gasteiger partial charge in [0.15, 0.2) is 8.32 Å². The summed E-state index contributed by atoms with van der Waals surface area (Å²) < 4.78 is 13.2. The van der Waals surface area contributed by atoms with Crippen LogP contribution in [0.3, 0.4) is 0 Å². The minimum absolute atomic E-state index is 0.0710. The lowest BCUT2D eigenvalue weighted by Crippen LogP contribution is -2.60. The molecule has 1 amide bonds. The lowest BCUT2D eigenvalue weighted by atomic mass is 9.98. The van der Waals surface area contributed by atoms with Crippen molar-refractivity contribution in [2.24, 2.45) is 5.92 Å². The third-order valence-electron chi connectivity index (χ3n) is 6.06. The Hall–Kier alpha value is -1.98. The van der Waals surface area contributed by atoms with Crippen molar-refractivity contribution >= 4 is 32.0 Å². The molecule has 2 aliphatic rings. The molecule has 0 bridgehead atoms. The fourth-order valence-corrected chi connectivity index (χ4v) is 5.73. The van der Waals surface area contributed by atoms with Crippen molar-refractivity contribution in [1.29, 1.82) is 0 Å². The standard InChI is InChI=1S/C20H31N5O4SSi/c1-7-11-28-19(27)16-15(9-8-10-24-13-21-22-23-24)30-18-14(17(26)25(16)18)12-29-31(5,6)20(2,3)4/h7,13-14,18H,1,8-12H2,2-6H3/t14-,18+/m0/s1. The van der Waals surface area contributed by atoms with Gasteiger partial charge in [-0.25, -0.2) is 9.48 Å². The fourth-order valence-electron chi connectivity index (χ4n) is 3.18. The molecule has 2 atom stereocenters. The molecule has 31 heavy (non-hydrogen) atoms. The number of ether oxygens (including phenoxy) is 1. The Morgan fingerprint density at radius 3 is 2.74 bits per heavy atom. The summed E-state index contributed by atoms with van der Waals surface area (Å²) in [6.45, 7) is 15.6. The topological polar surface area (TPSA) is 99.4 Å². The number of hydrogen-bond donors (Lipinski definition) is 0. The Balaban J connectivity index is 1.69. The van der Waals surface area contributed by atoms with Gasteiger partial charge in [-0.15, -0.1) is 16.9 Å². The summed E-state index contributed by atoms with van der Waals surface area (Å²) in [7, 11) is -1.97. The second-order valence-corrected chi connectivity index (χ2v) is 15.3. The van der Waals surface area contributed by atoms with E-state index in [9.17, 15) is 9.59 Å². The molecule has 0 unspecified atom stereocenters. The van der Waals surface area contributed by atoms with E-state index in [2.05, 4.69) is 56.0 Å². The average molecular weight is 466 g/mol. The van der Waals surface area contributed by atoms with E-state index in [0.29, 0.717) is 25.3 Å². The number of carbonyl (C=O) groups is 2. The van der Waals surface area contributed by atoms with E-state index in [1.807, 2.05) is 0 Å². The lowest BCUT2D eigenvalue weighted by molar-refractivity contribution is -0.154. The predicted octanol–water partition coefficient (Wildman–Crippen LogP) is 2.95. The molecule has 1 saturated heterocycles. The molecule has 0 radical (unpaired) electrons. The number of hydrogen-bond acceptors (Lipinski definition) is 8. The smallest absolute Gasteiger partial charge is 0.356 e. The van der Waals surface area contributed by atoms with Crippen LogP contribution in [0, 0.1) is 5.92 Å². The highest BCUT2D eigenvalue weighted by molar-refractivity contribution is 8.04. The molecule has 0 saturated carbocycles. The minimum Gasteiger partial charge on any atom is -0.457 e. The van der Waals surface area contributed by atoms with Crippen molar-refractivity contribution in [3.05, 3.63) is 29.6 Å². The molecule has 0 aliphatic carbocycles. The third-order valence-corrected chi connectivity index (χ3v) is 12.0. The van der Waals surface area contributed by atoms with E-state index in [-0.39, 0.29) is 28.8 Å². The van der Waals surface area contributed by atoms with Crippen LogP contribution < -0.4 is 0 Å². The first-order valence-electron chi connectivity index (χ1n) is 10.4. The molecule has 3 heterocycles. The molecule has 3 rings (SSSR count). The van der Waals surface area contributed by atoms with Crippen LogP contribution in [0.4, 0.5) is 0 Å². The van der Waals surface area contributed by atoms with Gasteiger partial charge in [0.1, 0.15) is 24.0 Å². The third kappa shape index (κ3) is 4.93. The van der Waals surface area contributed by atoms with Crippen LogP contribution in [0.15, 0.2) is 29.6 Å². The molecule has 1 fully saturated rings. The summed E-state index contributed by atoms with van der Waals surface area (Å²) in [4.78, 5) is 28.1. The van der Waals surface area contributed by atoms with Crippen LogP contribution in [0.1, 0.15) is 33.6 Å². The highest BCUT2D eigenvalue weighted by atomic mass is 32.2. The maximum atomic E-state index is 13.0. The Kier molecular flexibility index (Phi) is 7.07. The maximum Gasteiger partial charge on any atom is 0.356 e. The van der Waals surface area contributed by atoms with Crippen LogP contribution in [-0.2, 0) is 25.3 Å². The Morgan fingerprint density at radius 2 is 2.13 bits per heavy atom. The number of tetrazole rings is 1. The SMILES string of the molecule is C=CCOC(=O)C1=C(CCCn2cnnn2)S[C@@H]2[C@@H](CO[Si](C)(C)C(C)(C)C)C(=O)N12. The van der Waals surface area contributed by atoms with Crippen LogP contribution in [0.25, 0.3) is 0 Å². The number of esters is 1. The van der Waals surface area contributed by atoms with Gasteiger partial charge in [-0.3, -0.25) is 9.69 Å². The van der Waals surface area contributed by atoms with Gasteiger partial charge in [0.25, 0.3) is 0 Å². The minimum atomic E-state index is -1.97. The van der Waals surface area contributed by atoms with E-state index in [1.165, 1.54) is 6.08 Å². The van der Waals surface area contributed by atoms with E-state index >= 15 is 0 Å². The molecule has 1 aromatic rings. The van der Waals surface area contributed by atoms with Crippen molar-refractivity contribution in [1.82, 2.24) is 25.1 Å². The fraction of sp³-hybridized carbons (Fsp3) is 0.650. The van der Waals surface area contributed by atoms with E-state index in [0.717, 1.165) is 11.3 Å². The van der Waals surface area contributed by atoms with Gasteiger partial charge in [0.05, 0.1) is 5.92 Å². The van der Waals surface area contributed by atoms with Crippen LogP contribution >= 0.6 is 11.8 Å². The van der Waals surface area contributed by atoms with Gasteiger partial charge in [0.2, 0.25) is 5.91 Å². The maximum absolute atomic E-state index is 13.0. The van der Waals surface area contributed by atoms with Crippen molar-refractivity contribution in [3.8, 4) is 0 Å². The van der Waals surface area contributed by atoms with Crippen molar-refractivity contribution in [2.75, 3.05) is 13.2 Å². The first-order chi connectivity index (χ1) is 14.6. The molecule has 0 N–H and O–H groups in total. The molecule has 11 heteroatoms. The number of aryl methyl sites for hydroxylation is 1. The zero-order chi connectivity index (χ0) is 22.8. The number of amides is 1. The zero-order valence-electron chi connectivity index (χ0n) is 18.8. The van der Waals surface area contributed by atoms with Crippen LogP contribution in [0.5, 0.6) is 0 Å². The Labute approximate surface area is 188 Å². The number of nitrogens with zero attached hydrogens (tertiary/aromatic N) is 5. The van der Waals surface area contributed by atoms with Gasteiger partial charge >= 0.3 is 5.97 Å². The summed E-state index contributed by atoms with van der Waals surface area (Å²) in [5.74, 6) is -0.806. The second kappa shape index (κ2) is 9.25. The molecular weight excluding hydrogens is 434 g/mol. The number of carbonyl (C=O) groups excluding carboxylic acids is 2. The van der Waals surface area contributed by atoms with E-state index < -0.39 is 14.3 Å². The van der Waals surface area contributed by atoms with Gasteiger partial charge in [-0.2, -0.15) is 0 Å². The van der Waals surface area contributed by atoms with Crippen LogP contribution in [-0.4, -0.2) is 63.9 Å². The molecular formula is C20H31N5O4SSi. The number of fused-ring (bicyclic) bond motifs is 1. The van der Waals surface area contributed by atoms with Gasteiger partial charge in [-0.05, 0) is 41.4 Å². The predicted molar refractivity (Wildman–Crippen MR) is 120 cm³/mol. The van der Waals surface area contributed by atoms with Crippen molar-refractivity contribution in [3.63, 3.8) is 0 Å². The first kappa shape index (κ1) is 23.7. The van der Waals surface area contributed by atoms with Gasteiger partial charge in [-0.1, -0.05) is 33.4 Å². The number of allylic oxidation sites excluding steroid dienone is 1. The highest BCUT2D eigenvalue weighted by Gasteiger charge is 2.56. The van der Waals surface area contributed by atoms with Crippen molar-refractivity contribution < 1.29 is 18.8 Å². The summed E-state index contributed by atoms with van der Waals surface area (Å²) in [5, 5.41) is 11.1. The second-order valence-electron chi connectivity index (χ2n) is 9.23. The molecule has 0 aromatic carbocycles. The van der Waals surface area contributed by atoms with E-state index in [1.54, 1.807) is 27.7 Å². The molecule has 9 nitrogen and oxygen atoms in total. The first-order valence-corrected chi connectivity index (χ1v) is 14.2. The lowest BCUT2D eigenvalue weighted by Gasteiger charge is -2.44. The van der Waals surface area contributed by atoms with E-state index in [4.69, 9.17) is 9.16 Å². The molecule has 1 aromatic heterocycles. The van der Waals surface area contributed by atoms with Gasteiger partial charge in [0, 0.05) is 18.1 Å². The summed E-state index contributed by atoms with van der Waals surface area (Å²) in [6, 6.07) is 0. The zero-order valence-corrected chi connectivity index (χ0v) is 20.6. The number of thioether (sulfide) groups is 1. The number of rotatable bonds is 10. The van der Waals surface area contributed by atoms with Crippen molar-refractivity contribution in [2.45, 2.75) is 63.7 Å². The Morgan fingerprint density at radius 1 is 1.39 bits per heavy atom. The average Bonchev–Trinajstić information content (AvgIpc) is 3.31. The molecule has 170 valence electrons. The quantitative estimate of drug-likeness (QED) is 0.225. The largest absolute Gasteiger partial charge is 0.457 e. The van der Waals surface area contributed by atoms with Gasteiger partial charge < -0.3 is 9.16 Å². The summed E-state index contributed by atoms with van der Waals surface area (Å²) in [5.41, 5.74) is 0.363. The summed E-state index contributed by atoms with van der Waals surface area (Å²) >= 11 is 1.57. The number of aromatic nitrogens is 4. The molecule has 2 aliphatic heterocycles. The number of β-lactam (4-membered cyclic amide) rings is 1. The highest BCUT2D eigenvalue weighted by Crippen LogP contribution is 2.51.